The van der Waals surface area contributed by atoms with Crippen LogP contribution in [0.2, 0.25) is 5.02 Å². The second kappa shape index (κ2) is 4.62. The lowest BCUT2D eigenvalue weighted by Crippen LogP contribution is -2.08. The summed E-state index contributed by atoms with van der Waals surface area (Å²) >= 11 is 7.83. The molecule has 2 heterocycles. The highest BCUT2D eigenvalue weighted by Crippen LogP contribution is 2.36. The van der Waals surface area contributed by atoms with Crippen LogP contribution < -0.4 is 5.73 Å². The first kappa shape index (κ1) is 12.5. The Morgan fingerprint density at radius 3 is 2.95 bits per heavy atom. The Bertz CT molecular complexity index is 767. The van der Waals surface area contributed by atoms with Crippen LogP contribution in [0, 0.1) is 0 Å². The number of hydrogen-bond donors (Lipinski definition) is 1. The van der Waals surface area contributed by atoms with Gasteiger partial charge >= 0.3 is 0 Å². The van der Waals surface area contributed by atoms with Crippen LogP contribution in [0.5, 0.6) is 0 Å². The Hall–Kier alpha value is -1.29. The van der Waals surface area contributed by atoms with Gasteiger partial charge in [0, 0.05) is 20.2 Å². The van der Waals surface area contributed by atoms with Crippen molar-refractivity contribution in [2.75, 3.05) is 0 Å². The fraction of sp³-hybridized carbons (Fsp3) is 0.250. The van der Waals surface area contributed by atoms with Crippen molar-refractivity contribution in [3.63, 3.8) is 0 Å². The minimum atomic E-state index is -0.184. The molecule has 3 aromatic rings. The molecule has 0 radical (unpaired) electrons. The predicted octanol–water partition coefficient (Wildman–Crippen LogP) is 4.68. The van der Waals surface area contributed by atoms with E-state index in [1.54, 1.807) is 0 Å². The standard InChI is InChI=1S/C16H14ClNOS/c17-11-4-5-12-10(6-11)7-13(19-12)16(18)15-8-9-2-1-3-14(9)20-15/h4-8,16H,1-3,18H2. The maximum Gasteiger partial charge on any atom is 0.134 e. The molecule has 0 amide bonds. The minimum absolute atomic E-state index is 0.184. The molecule has 4 rings (SSSR count). The van der Waals surface area contributed by atoms with Gasteiger partial charge in [-0.05, 0) is 55.2 Å². The van der Waals surface area contributed by atoms with Crippen LogP contribution in [0.25, 0.3) is 11.0 Å². The van der Waals surface area contributed by atoms with Crippen LogP contribution in [0.3, 0.4) is 0 Å². The molecule has 0 spiro atoms. The summed E-state index contributed by atoms with van der Waals surface area (Å²) in [7, 11) is 0. The van der Waals surface area contributed by atoms with Crippen molar-refractivity contribution in [1.82, 2.24) is 0 Å². The van der Waals surface area contributed by atoms with E-state index in [4.69, 9.17) is 21.8 Å². The molecular formula is C16H14ClNOS. The average molecular weight is 304 g/mol. The Balaban J connectivity index is 1.73. The lowest BCUT2D eigenvalue weighted by Gasteiger charge is -2.05. The number of rotatable bonds is 2. The highest BCUT2D eigenvalue weighted by atomic mass is 35.5. The summed E-state index contributed by atoms with van der Waals surface area (Å²) in [6, 6.07) is 9.70. The molecule has 2 nitrogen and oxygen atoms in total. The molecule has 4 heteroatoms. The average Bonchev–Trinajstić information content (AvgIpc) is 3.10. The van der Waals surface area contributed by atoms with E-state index in [9.17, 15) is 0 Å². The molecule has 0 aliphatic heterocycles. The predicted molar refractivity (Wildman–Crippen MR) is 83.6 cm³/mol. The van der Waals surface area contributed by atoms with Gasteiger partial charge in [-0.2, -0.15) is 0 Å². The van der Waals surface area contributed by atoms with E-state index >= 15 is 0 Å². The van der Waals surface area contributed by atoms with Crippen molar-refractivity contribution < 1.29 is 4.42 Å². The molecule has 0 saturated heterocycles. The second-order valence-electron chi connectivity index (χ2n) is 5.26. The van der Waals surface area contributed by atoms with Gasteiger partial charge in [-0.1, -0.05) is 11.6 Å². The first-order chi connectivity index (χ1) is 9.70. The molecule has 1 aliphatic carbocycles. The summed E-state index contributed by atoms with van der Waals surface area (Å²) in [6.45, 7) is 0. The quantitative estimate of drug-likeness (QED) is 0.746. The van der Waals surface area contributed by atoms with Gasteiger partial charge in [0.2, 0.25) is 0 Å². The van der Waals surface area contributed by atoms with Crippen molar-refractivity contribution in [2.24, 2.45) is 5.73 Å². The van der Waals surface area contributed by atoms with Gasteiger partial charge in [0.05, 0.1) is 6.04 Å². The van der Waals surface area contributed by atoms with Gasteiger partial charge in [-0.25, -0.2) is 0 Å². The highest BCUT2D eigenvalue weighted by molar-refractivity contribution is 7.12. The molecule has 1 aromatic carbocycles. The van der Waals surface area contributed by atoms with Gasteiger partial charge < -0.3 is 10.2 Å². The molecule has 0 bridgehead atoms. The number of halogens is 1. The second-order valence-corrected chi connectivity index (χ2v) is 6.86. The van der Waals surface area contributed by atoms with Crippen LogP contribution in [0.1, 0.15) is 33.5 Å². The summed E-state index contributed by atoms with van der Waals surface area (Å²) in [5.74, 6) is 0.808. The number of hydrogen-bond acceptors (Lipinski definition) is 3. The third-order valence-electron chi connectivity index (χ3n) is 3.88. The van der Waals surface area contributed by atoms with Gasteiger partial charge in [0.15, 0.2) is 0 Å². The Morgan fingerprint density at radius 2 is 2.10 bits per heavy atom. The molecule has 2 aromatic heterocycles. The van der Waals surface area contributed by atoms with E-state index < -0.39 is 0 Å². The van der Waals surface area contributed by atoms with Crippen molar-refractivity contribution in [3.05, 3.63) is 56.4 Å². The van der Waals surface area contributed by atoms with E-state index in [1.165, 1.54) is 34.6 Å². The molecule has 102 valence electrons. The topological polar surface area (TPSA) is 39.2 Å². The Morgan fingerprint density at radius 1 is 1.20 bits per heavy atom. The Kier molecular flexibility index (Phi) is 2.88. The maximum absolute atomic E-state index is 6.36. The summed E-state index contributed by atoms with van der Waals surface area (Å²) in [4.78, 5) is 2.69. The van der Waals surface area contributed by atoms with Crippen LogP contribution in [-0.2, 0) is 12.8 Å². The highest BCUT2D eigenvalue weighted by Gasteiger charge is 2.21. The van der Waals surface area contributed by atoms with Crippen LogP contribution >= 0.6 is 22.9 Å². The van der Waals surface area contributed by atoms with E-state index in [2.05, 4.69) is 6.07 Å². The maximum atomic E-state index is 6.36. The van der Waals surface area contributed by atoms with Gasteiger partial charge in [-0.3, -0.25) is 0 Å². The first-order valence-corrected chi connectivity index (χ1v) is 7.96. The smallest absolute Gasteiger partial charge is 0.134 e. The van der Waals surface area contributed by atoms with E-state index in [0.29, 0.717) is 5.02 Å². The normalized spacial score (nSPS) is 15.7. The number of thiophene rings is 1. The summed E-state index contributed by atoms with van der Waals surface area (Å²) in [5.41, 5.74) is 8.67. The van der Waals surface area contributed by atoms with Crippen LogP contribution in [0.4, 0.5) is 0 Å². The molecular weight excluding hydrogens is 290 g/mol. The van der Waals surface area contributed by atoms with Gasteiger partial charge in [0.25, 0.3) is 0 Å². The molecule has 1 unspecified atom stereocenters. The fourth-order valence-corrected chi connectivity index (χ4v) is 4.28. The first-order valence-electron chi connectivity index (χ1n) is 6.77. The lowest BCUT2D eigenvalue weighted by atomic mass is 10.1. The van der Waals surface area contributed by atoms with Crippen LogP contribution in [-0.4, -0.2) is 0 Å². The van der Waals surface area contributed by atoms with E-state index in [1.807, 2.05) is 35.6 Å². The number of nitrogens with two attached hydrogens (primary N) is 1. The van der Waals surface area contributed by atoms with E-state index in [0.717, 1.165) is 16.7 Å². The zero-order chi connectivity index (χ0) is 13.7. The van der Waals surface area contributed by atoms with Crippen LogP contribution in [0.15, 0.2) is 34.7 Å². The van der Waals surface area contributed by atoms with Crippen molar-refractivity contribution >= 4 is 33.9 Å². The zero-order valence-corrected chi connectivity index (χ0v) is 12.4. The number of benzene rings is 1. The zero-order valence-electron chi connectivity index (χ0n) is 10.9. The van der Waals surface area contributed by atoms with Crippen molar-refractivity contribution in [3.8, 4) is 0 Å². The monoisotopic (exact) mass is 303 g/mol. The van der Waals surface area contributed by atoms with Gasteiger partial charge in [0.1, 0.15) is 11.3 Å². The molecule has 1 atom stereocenters. The summed E-state index contributed by atoms with van der Waals surface area (Å²) in [6.07, 6.45) is 3.66. The molecule has 0 saturated carbocycles. The Labute approximate surface area is 126 Å². The minimum Gasteiger partial charge on any atom is -0.459 e. The number of aryl methyl sites for hydroxylation is 2. The van der Waals surface area contributed by atoms with Crippen molar-refractivity contribution in [2.45, 2.75) is 25.3 Å². The SMILES string of the molecule is NC(c1cc2cc(Cl)ccc2o1)c1cc2c(s1)CCC2. The summed E-state index contributed by atoms with van der Waals surface area (Å²) < 4.78 is 5.86. The molecule has 2 N–H and O–H groups in total. The van der Waals surface area contributed by atoms with Crippen molar-refractivity contribution in [1.29, 1.82) is 0 Å². The van der Waals surface area contributed by atoms with E-state index in [-0.39, 0.29) is 6.04 Å². The molecule has 1 aliphatic rings. The largest absolute Gasteiger partial charge is 0.459 e. The number of furan rings is 1. The molecule has 0 fully saturated rings. The molecule has 20 heavy (non-hydrogen) atoms. The lowest BCUT2D eigenvalue weighted by molar-refractivity contribution is 0.527. The number of fused-ring (bicyclic) bond motifs is 2. The summed E-state index contributed by atoms with van der Waals surface area (Å²) in [5, 5.41) is 1.72. The third-order valence-corrected chi connectivity index (χ3v) is 5.43. The fourth-order valence-electron chi connectivity index (χ4n) is 2.83. The van der Waals surface area contributed by atoms with Gasteiger partial charge in [-0.15, -0.1) is 11.3 Å². The third kappa shape index (κ3) is 1.97.